The highest BCUT2D eigenvalue weighted by Crippen LogP contribution is 2.28. The Hall–Kier alpha value is -1.46. The van der Waals surface area contributed by atoms with E-state index in [0.29, 0.717) is 6.54 Å². The van der Waals surface area contributed by atoms with Gasteiger partial charge in [0.1, 0.15) is 0 Å². The van der Waals surface area contributed by atoms with Crippen LogP contribution in [0.1, 0.15) is 5.56 Å². The molecule has 0 bridgehead atoms. The van der Waals surface area contributed by atoms with Gasteiger partial charge in [-0.3, -0.25) is 10.1 Å². The largest absolute Gasteiger partial charge is 0.326 e. The summed E-state index contributed by atoms with van der Waals surface area (Å²) >= 11 is 1.49. The highest BCUT2D eigenvalue weighted by Gasteiger charge is 2.08. The van der Waals surface area contributed by atoms with E-state index in [4.69, 9.17) is 5.73 Å². The number of fused-ring (bicyclic) bond motifs is 1. The molecule has 5 heteroatoms. The molecule has 0 fully saturated rings. The molecule has 0 saturated heterocycles. The van der Waals surface area contributed by atoms with Gasteiger partial charge in [0.25, 0.3) is 5.69 Å². The number of nitro groups is 1. The Balaban J connectivity index is 2.63. The first kappa shape index (κ1) is 9.11. The molecule has 0 unspecified atom stereocenters. The number of thiophene rings is 1. The van der Waals surface area contributed by atoms with E-state index in [0.717, 1.165) is 15.6 Å². The Morgan fingerprint density at radius 3 is 2.93 bits per heavy atom. The molecule has 1 heterocycles. The topological polar surface area (TPSA) is 69.2 Å². The first-order valence-corrected chi connectivity index (χ1v) is 4.95. The molecule has 0 aliphatic rings. The maximum Gasteiger partial charge on any atom is 0.270 e. The zero-order chi connectivity index (χ0) is 10.1. The third-order valence-electron chi connectivity index (χ3n) is 2.07. The van der Waals surface area contributed by atoms with Crippen molar-refractivity contribution < 1.29 is 4.92 Å². The fourth-order valence-electron chi connectivity index (χ4n) is 1.34. The highest BCUT2D eigenvalue weighted by molar-refractivity contribution is 7.17. The van der Waals surface area contributed by atoms with Crippen LogP contribution in [0.2, 0.25) is 0 Å². The van der Waals surface area contributed by atoms with Gasteiger partial charge in [-0.2, -0.15) is 0 Å². The number of non-ortho nitro benzene ring substituents is 1. The van der Waals surface area contributed by atoms with E-state index in [1.165, 1.54) is 17.4 Å². The molecule has 0 saturated carbocycles. The second-order valence-corrected chi connectivity index (χ2v) is 3.81. The van der Waals surface area contributed by atoms with Crippen LogP contribution >= 0.6 is 11.3 Å². The van der Waals surface area contributed by atoms with Crippen LogP contribution in [-0.4, -0.2) is 4.92 Å². The average Bonchev–Trinajstić information content (AvgIpc) is 2.59. The van der Waals surface area contributed by atoms with Crippen molar-refractivity contribution in [3.8, 4) is 0 Å². The normalized spacial score (nSPS) is 10.6. The zero-order valence-corrected chi connectivity index (χ0v) is 8.08. The van der Waals surface area contributed by atoms with Crippen LogP contribution in [0.5, 0.6) is 0 Å². The summed E-state index contributed by atoms with van der Waals surface area (Å²) in [6.45, 7) is 0.470. The molecule has 2 aromatic rings. The molecule has 0 radical (unpaired) electrons. The molecule has 2 rings (SSSR count). The molecule has 2 N–H and O–H groups in total. The molecular formula is C9H8N2O2S. The molecule has 0 spiro atoms. The summed E-state index contributed by atoms with van der Waals surface area (Å²) in [5.41, 5.74) is 6.70. The second-order valence-electron chi connectivity index (χ2n) is 2.90. The number of nitrogens with two attached hydrogens (primary N) is 1. The van der Waals surface area contributed by atoms with Gasteiger partial charge in [0, 0.05) is 23.4 Å². The standard InChI is InChI=1S/C9H8N2O2S/c10-4-6-5-14-9-3-7(11(12)13)1-2-8(6)9/h1-3,5H,4,10H2. The Kier molecular flexibility index (Phi) is 2.18. The van der Waals surface area contributed by atoms with Crippen LogP contribution in [-0.2, 0) is 6.54 Å². The summed E-state index contributed by atoms with van der Waals surface area (Å²) < 4.78 is 0.916. The summed E-state index contributed by atoms with van der Waals surface area (Å²) in [7, 11) is 0. The Bertz CT molecular complexity index is 493. The average molecular weight is 208 g/mol. The number of hydrogen-bond acceptors (Lipinski definition) is 4. The molecule has 0 aliphatic heterocycles. The fourth-order valence-corrected chi connectivity index (χ4v) is 2.35. The van der Waals surface area contributed by atoms with Crippen molar-refractivity contribution in [1.82, 2.24) is 0 Å². The monoisotopic (exact) mass is 208 g/mol. The van der Waals surface area contributed by atoms with Crippen LogP contribution in [0.3, 0.4) is 0 Å². The molecule has 0 aliphatic carbocycles. The van der Waals surface area contributed by atoms with Gasteiger partial charge in [0.05, 0.1) is 4.92 Å². The minimum absolute atomic E-state index is 0.128. The van der Waals surface area contributed by atoms with Crippen molar-refractivity contribution in [1.29, 1.82) is 0 Å². The van der Waals surface area contributed by atoms with Crippen molar-refractivity contribution in [3.05, 3.63) is 39.3 Å². The Morgan fingerprint density at radius 1 is 1.50 bits per heavy atom. The van der Waals surface area contributed by atoms with Gasteiger partial charge in [0.15, 0.2) is 0 Å². The number of hydrogen-bond donors (Lipinski definition) is 1. The molecule has 1 aromatic carbocycles. The molecule has 72 valence electrons. The van der Waals surface area contributed by atoms with E-state index in [-0.39, 0.29) is 10.6 Å². The van der Waals surface area contributed by atoms with Crippen LogP contribution in [0.25, 0.3) is 10.1 Å². The minimum Gasteiger partial charge on any atom is -0.326 e. The molecule has 0 amide bonds. The SMILES string of the molecule is NCc1csc2cc([N+](=O)[O-])ccc12. The molecule has 0 atom stereocenters. The van der Waals surface area contributed by atoms with Crippen molar-refractivity contribution in [2.75, 3.05) is 0 Å². The summed E-state index contributed by atoms with van der Waals surface area (Å²) in [4.78, 5) is 10.1. The van der Waals surface area contributed by atoms with E-state index in [1.54, 1.807) is 12.1 Å². The first-order valence-electron chi connectivity index (χ1n) is 4.07. The molecule has 4 nitrogen and oxygen atoms in total. The number of benzene rings is 1. The van der Waals surface area contributed by atoms with Gasteiger partial charge in [-0.1, -0.05) is 0 Å². The highest BCUT2D eigenvalue weighted by atomic mass is 32.1. The number of nitro benzene ring substituents is 1. The first-order chi connectivity index (χ1) is 6.72. The number of rotatable bonds is 2. The maximum atomic E-state index is 10.5. The third-order valence-corrected chi connectivity index (χ3v) is 3.06. The van der Waals surface area contributed by atoms with Gasteiger partial charge in [-0.25, -0.2) is 0 Å². The van der Waals surface area contributed by atoms with Crippen LogP contribution in [0, 0.1) is 10.1 Å². The van der Waals surface area contributed by atoms with E-state index in [9.17, 15) is 10.1 Å². The smallest absolute Gasteiger partial charge is 0.270 e. The molecule has 1 aromatic heterocycles. The summed E-state index contributed by atoms with van der Waals surface area (Å²) in [6.07, 6.45) is 0. The van der Waals surface area contributed by atoms with Crippen molar-refractivity contribution in [3.63, 3.8) is 0 Å². The van der Waals surface area contributed by atoms with Crippen LogP contribution < -0.4 is 5.73 Å². The lowest BCUT2D eigenvalue weighted by Gasteiger charge is -1.94. The van der Waals surface area contributed by atoms with E-state index < -0.39 is 0 Å². The van der Waals surface area contributed by atoms with E-state index in [2.05, 4.69) is 0 Å². The lowest BCUT2D eigenvalue weighted by atomic mass is 10.2. The fraction of sp³-hybridized carbons (Fsp3) is 0.111. The summed E-state index contributed by atoms with van der Waals surface area (Å²) in [5.74, 6) is 0. The lowest BCUT2D eigenvalue weighted by Crippen LogP contribution is -1.94. The van der Waals surface area contributed by atoms with Gasteiger partial charge in [0.2, 0.25) is 0 Å². The van der Waals surface area contributed by atoms with Gasteiger partial charge < -0.3 is 5.73 Å². The number of nitrogens with zero attached hydrogens (tertiary/aromatic N) is 1. The predicted octanol–water partition coefficient (Wildman–Crippen LogP) is 2.27. The third kappa shape index (κ3) is 1.36. The van der Waals surface area contributed by atoms with Gasteiger partial charge in [-0.05, 0) is 22.4 Å². The zero-order valence-electron chi connectivity index (χ0n) is 7.27. The van der Waals surface area contributed by atoms with E-state index in [1.807, 2.05) is 5.38 Å². The van der Waals surface area contributed by atoms with Crippen molar-refractivity contribution in [2.24, 2.45) is 5.73 Å². The Labute approximate surface area is 84.1 Å². The Morgan fingerprint density at radius 2 is 2.29 bits per heavy atom. The minimum atomic E-state index is -0.388. The van der Waals surface area contributed by atoms with Crippen LogP contribution in [0.15, 0.2) is 23.6 Å². The molecule has 14 heavy (non-hydrogen) atoms. The lowest BCUT2D eigenvalue weighted by molar-refractivity contribution is -0.384. The predicted molar refractivity (Wildman–Crippen MR) is 56.4 cm³/mol. The summed E-state index contributed by atoms with van der Waals surface area (Å²) in [5, 5.41) is 13.5. The van der Waals surface area contributed by atoms with Crippen molar-refractivity contribution >= 4 is 27.1 Å². The quantitative estimate of drug-likeness (QED) is 0.608. The summed E-state index contributed by atoms with van der Waals surface area (Å²) in [6, 6.07) is 4.85. The van der Waals surface area contributed by atoms with Crippen LogP contribution in [0.4, 0.5) is 5.69 Å². The van der Waals surface area contributed by atoms with Crippen molar-refractivity contribution in [2.45, 2.75) is 6.54 Å². The van der Waals surface area contributed by atoms with Gasteiger partial charge in [-0.15, -0.1) is 11.3 Å². The molecular weight excluding hydrogens is 200 g/mol. The maximum absolute atomic E-state index is 10.5. The second kappa shape index (κ2) is 3.36. The van der Waals surface area contributed by atoms with E-state index >= 15 is 0 Å². The van der Waals surface area contributed by atoms with Gasteiger partial charge >= 0.3 is 0 Å².